The molecule has 144 valence electrons. The van der Waals surface area contributed by atoms with Crippen molar-refractivity contribution in [3.63, 3.8) is 0 Å². The molecule has 0 fully saturated rings. The highest BCUT2D eigenvalue weighted by Crippen LogP contribution is 2.31. The van der Waals surface area contributed by atoms with Gasteiger partial charge in [-0.2, -0.15) is 5.26 Å². The van der Waals surface area contributed by atoms with Crippen LogP contribution in [-0.4, -0.2) is 21.3 Å². The van der Waals surface area contributed by atoms with Crippen molar-refractivity contribution < 1.29 is 5.11 Å². The quantitative estimate of drug-likeness (QED) is 0.302. The van der Waals surface area contributed by atoms with Crippen LogP contribution in [0, 0.1) is 18.4 Å². The third-order valence-corrected chi connectivity index (χ3v) is 5.47. The van der Waals surface area contributed by atoms with Crippen LogP contribution in [0.4, 0.5) is 11.5 Å². The summed E-state index contributed by atoms with van der Waals surface area (Å²) in [5.41, 5.74) is 3.80. The van der Waals surface area contributed by atoms with E-state index in [1.54, 1.807) is 6.19 Å². The number of hydrogen-bond donors (Lipinski definition) is 3. The van der Waals surface area contributed by atoms with Crippen LogP contribution in [0.3, 0.4) is 0 Å². The zero-order valence-corrected chi connectivity index (χ0v) is 17.1. The molecule has 1 aromatic carbocycles. The van der Waals surface area contributed by atoms with Crippen LogP contribution >= 0.6 is 22.9 Å². The highest BCUT2D eigenvalue weighted by atomic mass is 35.5. The smallest absolute Gasteiger partial charge is 0.178 e. The van der Waals surface area contributed by atoms with Gasteiger partial charge in [0.2, 0.25) is 0 Å². The molecule has 0 amide bonds. The van der Waals surface area contributed by atoms with Crippen LogP contribution in [0.15, 0.2) is 36.4 Å². The van der Waals surface area contributed by atoms with Crippen molar-refractivity contribution in [3.8, 4) is 16.9 Å². The van der Waals surface area contributed by atoms with E-state index >= 15 is 0 Å². The molecule has 3 N–H and O–H groups in total. The number of aryl methyl sites for hydroxylation is 1. The van der Waals surface area contributed by atoms with Crippen molar-refractivity contribution in [3.05, 3.63) is 57.6 Å². The minimum Gasteiger partial charge on any atom is -0.373 e. The molecule has 3 aromatic rings. The molecular formula is C20H20ClN5OS. The Hall–Kier alpha value is -2.66. The molecule has 0 spiro atoms. The van der Waals surface area contributed by atoms with Crippen LogP contribution in [0.5, 0.6) is 0 Å². The Morgan fingerprint density at radius 1 is 1.21 bits per heavy atom. The van der Waals surface area contributed by atoms with Crippen molar-refractivity contribution >= 4 is 34.4 Å². The molecule has 0 bridgehead atoms. The lowest BCUT2D eigenvalue weighted by Gasteiger charge is -2.14. The van der Waals surface area contributed by atoms with Crippen LogP contribution < -0.4 is 10.6 Å². The second kappa shape index (κ2) is 9.02. The molecule has 0 saturated carbocycles. The monoisotopic (exact) mass is 413 g/mol. The molecule has 8 heteroatoms. The Morgan fingerprint density at radius 2 is 1.96 bits per heavy atom. The first-order chi connectivity index (χ1) is 13.5. The standard InChI is InChI=1S/C20H20ClN5OS/c1-3-15-12(2)24-20(16-8-9-17(21)28-16)26-19(15)25-14-6-4-13(5-7-14)10-18(27)23-11-22/h4-9,18,23,27H,3,10H2,1-2H3,(H,24,25,26). The predicted octanol–water partition coefficient (Wildman–Crippen LogP) is 4.40. The summed E-state index contributed by atoms with van der Waals surface area (Å²) in [4.78, 5) is 10.3. The first-order valence-corrected chi connectivity index (χ1v) is 10.0. The molecule has 2 heterocycles. The average Bonchev–Trinajstić information content (AvgIpc) is 3.10. The van der Waals surface area contributed by atoms with Crippen molar-refractivity contribution in [1.82, 2.24) is 15.3 Å². The summed E-state index contributed by atoms with van der Waals surface area (Å²) < 4.78 is 0.703. The van der Waals surface area contributed by atoms with Crippen LogP contribution in [-0.2, 0) is 12.8 Å². The number of thiophene rings is 1. The zero-order valence-electron chi connectivity index (χ0n) is 15.5. The van der Waals surface area contributed by atoms with Crippen LogP contribution in [0.2, 0.25) is 4.34 Å². The first kappa shape index (κ1) is 20.1. The van der Waals surface area contributed by atoms with E-state index in [4.69, 9.17) is 21.8 Å². The number of rotatable bonds is 7. The largest absolute Gasteiger partial charge is 0.373 e. The summed E-state index contributed by atoms with van der Waals surface area (Å²) in [5, 5.41) is 23.9. The Bertz CT molecular complexity index is 997. The number of nitrogens with one attached hydrogen (secondary N) is 2. The number of nitrogens with zero attached hydrogens (tertiary/aromatic N) is 3. The molecule has 0 aliphatic carbocycles. The lowest BCUT2D eigenvalue weighted by atomic mass is 10.1. The van der Waals surface area contributed by atoms with Crippen LogP contribution in [0.1, 0.15) is 23.7 Å². The van der Waals surface area contributed by atoms with E-state index in [0.29, 0.717) is 16.6 Å². The summed E-state index contributed by atoms with van der Waals surface area (Å²) in [5.74, 6) is 1.42. The molecular weight excluding hydrogens is 394 g/mol. The topological polar surface area (TPSA) is 93.9 Å². The van der Waals surface area contributed by atoms with Crippen molar-refractivity contribution in [1.29, 1.82) is 5.26 Å². The van der Waals surface area contributed by atoms with E-state index in [9.17, 15) is 5.11 Å². The highest BCUT2D eigenvalue weighted by Gasteiger charge is 2.13. The fourth-order valence-corrected chi connectivity index (χ4v) is 3.85. The third-order valence-electron chi connectivity index (χ3n) is 4.24. The van der Waals surface area contributed by atoms with E-state index in [2.05, 4.69) is 22.5 Å². The Balaban J connectivity index is 1.85. The Kier molecular flexibility index (Phi) is 6.47. The van der Waals surface area contributed by atoms with Gasteiger partial charge in [-0.1, -0.05) is 30.7 Å². The second-order valence-corrected chi connectivity index (χ2v) is 7.93. The minimum atomic E-state index is -0.889. The average molecular weight is 414 g/mol. The number of hydrogen-bond acceptors (Lipinski definition) is 7. The van der Waals surface area contributed by atoms with E-state index in [0.717, 1.165) is 39.6 Å². The van der Waals surface area contributed by atoms with Gasteiger partial charge < -0.3 is 10.4 Å². The lowest BCUT2D eigenvalue weighted by molar-refractivity contribution is 0.156. The maximum absolute atomic E-state index is 9.67. The summed E-state index contributed by atoms with van der Waals surface area (Å²) >= 11 is 7.51. The van der Waals surface area contributed by atoms with Gasteiger partial charge in [-0.15, -0.1) is 11.3 Å². The van der Waals surface area contributed by atoms with E-state index in [1.807, 2.05) is 43.3 Å². The SMILES string of the molecule is CCc1c(C)nc(-c2ccc(Cl)s2)nc1Nc1ccc(CC(O)NC#N)cc1. The molecule has 3 rings (SSSR count). The van der Waals surface area contributed by atoms with Gasteiger partial charge in [-0.05, 0) is 43.2 Å². The predicted molar refractivity (Wildman–Crippen MR) is 113 cm³/mol. The molecule has 0 saturated heterocycles. The number of aromatic nitrogens is 2. The third kappa shape index (κ3) is 4.78. The van der Waals surface area contributed by atoms with Gasteiger partial charge in [0.25, 0.3) is 0 Å². The van der Waals surface area contributed by atoms with E-state index in [1.165, 1.54) is 11.3 Å². The Morgan fingerprint density at radius 3 is 2.57 bits per heavy atom. The zero-order chi connectivity index (χ0) is 20.1. The summed E-state index contributed by atoms with van der Waals surface area (Å²) in [6.07, 6.45) is 2.01. The number of nitriles is 1. The fourth-order valence-electron chi connectivity index (χ4n) is 2.88. The van der Waals surface area contributed by atoms with Gasteiger partial charge >= 0.3 is 0 Å². The molecule has 0 aliphatic rings. The van der Waals surface area contributed by atoms with Crippen molar-refractivity contribution in [2.45, 2.75) is 32.9 Å². The van der Waals surface area contributed by atoms with Gasteiger partial charge in [-0.3, -0.25) is 5.32 Å². The van der Waals surface area contributed by atoms with E-state index < -0.39 is 6.23 Å². The van der Waals surface area contributed by atoms with Gasteiger partial charge in [0.1, 0.15) is 12.0 Å². The van der Waals surface area contributed by atoms with Gasteiger partial charge in [0.15, 0.2) is 12.0 Å². The molecule has 2 aromatic heterocycles. The molecule has 1 atom stereocenters. The minimum absolute atomic E-state index is 0.351. The molecule has 28 heavy (non-hydrogen) atoms. The number of aliphatic hydroxyl groups is 1. The number of aliphatic hydroxyl groups excluding tert-OH is 1. The van der Waals surface area contributed by atoms with Gasteiger partial charge in [-0.25, -0.2) is 9.97 Å². The molecule has 1 unspecified atom stereocenters. The lowest BCUT2D eigenvalue weighted by Crippen LogP contribution is -2.26. The molecule has 0 radical (unpaired) electrons. The second-order valence-electron chi connectivity index (χ2n) is 6.22. The van der Waals surface area contributed by atoms with Gasteiger partial charge in [0.05, 0.1) is 9.21 Å². The maximum atomic E-state index is 9.67. The van der Waals surface area contributed by atoms with Gasteiger partial charge in [0, 0.05) is 23.4 Å². The first-order valence-electron chi connectivity index (χ1n) is 8.82. The highest BCUT2D eigenvalue weighted by molar-refractivity contribution is 7.19. The fraction of sp³-hybridized carbons (Fsp3) is 0.250. The Labute approximate surface area is 172 Å². The summed E-state index contributed by atoms with van der Waals surface area (Å²) in [6.45, 7) is 4.06. The molecule has 0 aliphatic heterocycles. The van der Waals surface area contributed by atoms with Crippen molar-refractivity contribution in [2.24, 2.45) is 0 Å². The van der Waals surface area contributed by atoms with E-state index in [-0.39, 0.29) is 0 Å². The summed E-state index contributed by atoms with van der Waals surface area (Å²) in [7, 11) is 0. The summed E-state index contributed by atoms with van der Waals surface area (Å²) in [6, 6.07) is 11.4. The number of halogens is 1. The number of benzene rings is 1. The van der Waals surface area contributed by atoms with Crippen LogP contribution in [0.25, 0.3) is 10.7 Å². The molecule has 6 nitrogen and oxygen atoms in total. The normalized spacial score (nSPS) is 11.7. The number of anilines is 2. The maximum Gasteiger partial charge on any atom is 0.178 e. The van der Waals surface area contributed by atoms with Crippen molar-refractivity contribution in [2.75, 3.05) is 5.32 Å².